The standard InChI is InChI=1S/C17H34O2/c1-4-7-9-10-11-12-13-15-16(14-8-5-2)19-17(18)6-3/h16H,4-15H2,1-3H3. The van der Waals surface area contributed by atoms with Gasteiger partial charge in [0.2, 0.25) is 0 Å². The number of hydrogen-bond donors (Lipinski definition) is 0. The van der Waals surface area contributed by atoms with Gasteiger partial charge in [0, 0.05) is 6.42 Å². The van der Waals surface area contributed by atoms with Crippen LogP contribution >= 0.6 is 0 Å². The zero-order chi connectivity index (χ0) is 14.3. The lowest BCUT2D eigenvalue weighted by Crippen LogP contribution is -2.17. The lowest BCUT2D eigenvalue weighted by molar-refractivity contribution is -0.149. The lowest BCUT2D eigenvalue weighted by atomic mass is 10.0. The molecule has 0 aromatic rings. The van der Waals surface area contributed by atoms with Crippen LogP contribution < -0.4 is 0 Å². The number of unbranched alkanes of at least 4 members (excludes halogenated alkanes) is 7. The van der Waals surface area contributed by atoms with Crippen molar-refractivity contribution in [2.45, 2.75) is 104 Å². The van der Waals surface area contributed by atoms with Crippen LogP contribution in [0.25, 0.3) is 0 Å². The Hall–Kier alpha value is -0.530. The van der Waals surface area contributed by atoms with E-state index in [1.807, 2.05) is 6.92 Å². The first kappa shape index (κ1) is 18.5. The number of ether oxygens (including phenoxy) is 1. The first-order valence-corrected chi connectivity index (χ1v) is 8.44. The third-order valence-electron chi connectivity index (χ3n) is 3.60. The van der Waals surface area contributed by atoms with E-state index in [0.29, 0.717) is 6.42 Å². The Bertz CT molecular complexity index is 201. The molecule has 0 bridgehead atoms. The molecule has 0 heterocycles. The summed E-state index contributed by atoms with van der Waals surface area (Å²) in [6, 6.07) is 0. The van der Waals surface area contributed by atoms with Crippen molar-refractivity contribution in [3.05, 3.63) is 0 Å². The van der Waals surface area contributed by atoms with E-state index in [1.54, 1.807) is 0 Å². The fourth-order valence-corrected chi connectivity index (χ4v) is 2.29. The summed E-state index contributed by atoms with van der Waals surface area (Å²) in [5.41, 5.74) is 0. The SMILES string of the molecule is CCCCCCCCCC(CCCC)OC(=O)CC. The molecular weight excluding hydrogens is 236 g/mol. The van der Waals surface area contributed by atoms with Crippen molar-refractivity contribution in [3.63, 3.8) is 0 Å². The molecule has 0 saturated heterocycles. The average Bonchev–Trinajstić information content (AvgIpc) is 2.43. The van der Waals surface area contributed by atoms with E-state index in [-0.39, 0.29) is 12.1 Å². The molecule has 0 amide bonds. The van der Waals surface area contributed by atoms with Gasteiger partial charge in [0.1, 0.15) is 6.10 Å². The quantitative estimate of drug-likeness (QED) is 0.320. The minimum Gasteiger partial charge on any atom is -0.462 e. The molecule has 0 aliphatic heterocycles. The molecule has 19 heavy (non-hydrogen) atoms. The Morgan fingerprint density at radius 2 is 1.32 bits per heavy atom. The van der Waals surface area contributed by atoms with Crippen LogP contribution in [-0.4, -0.2) is 12.1 Å². The minimum atomic E-state index is -0.0379. The third kappa shape index (κ3) is 12.3. The number of carbonyl (C=O) groups excluding carboxylic acids is 1. The highest BCUT2D eigenvalue weighted by Gasteiger charge is 2.12. The van der Waals surface area contributed by atoms with E-state index in [2.05, 4.69) is 13.8 Å². The Morgan fingerprint density at radius 1 is 0.789 bits per heavy atom. The van der Waals surface area contributed by atoms with E-state index >= 15 is 0 Å². The molecule has 0 spiro atoms. The molecule has 1 atom stereocenters. The largest absolute Gasteiger partial charge is 0.462 e. The van der Waals surface area contributed by atoms with Crippen LogP contribution in [0.2, 0.25) is 0 Å². The van der Waals surface area contributed by atoms with Gasteiger partial charge in [-0.05, 0) is 19.3 Å². The van der Waals surface area contributed by atoms with Crippen molar-refractivity contribution in [2.75, 3.05) is 0 Å². The van der Waals surface area contributed by atoms with Crippen LogP contribution in [0.1, 0.15) is 97.8 Å². The van der Waals surface area contributed by atoms with Crippen LogP contribution in [0.4, 0.5) is 0 Å². The highest BCUT2D eigenvalue weighted by Crippen LogP contribution is 2.15. The molecule has 0 aromatic heterocycles. The van der Waals surface area contributed by atoms with Gasteiger partial charge in [-0.2, -0.15) is 0 Å². The van der Waals surface area contributed by atoms with Crippen LogP contribution in [0.3, 0.4) is 0 Å². The van der Waals surface area contributed by atoms with Crippen LogP contribution in [0, 0.1) is 0 Å². The molecule has 2 heteroatoms. The molecule has 0 saturated carbocycles. The molecule has 0 aliphatic carbocycles. The Morgan fingerprint density at radius 3 is 1.89 bits per heavy atom. The molecule has 0 rings (SSSR count). The Balaban J connectivity index is 3.64. The summed E-state index contributed by atoms with van der Waals surface area (Å²) in [4.78, 5) is 11.4. The van der Waals surface area contributed by atoms with Gasteiger partial charge >= 0.3 is 5.97 Å². The zero-order valence-corrected chi connectivity index (χ0v) is 13.4. The van der Waals surface area contributed by atoms with Crippen LogP contribution in [-0.2, 0) is 9.53 Å². The Labute approximate surface area is 120 Å². The summed E-state index contributed by atoms with van der Waals surface area (Å²) in [5.74, 6) is -0.0379. The van der Waals surface area contributed by atoms with Gasteiger partial charge in [-0.3, -0.25) is 4.79 Å². The highest BCUT2D eigenvalue weighted by atomic mass is 16.5. The Kier molecular flexibility index (Phi) is 13.5. The fraction of sp³-hybridized carbons (Fsp3) is 0.941. The van der Waals surface area contributed by atoms with Crippen molar-refractivity contribution in [1.82, 2.24) is 0 Å². The predicted octanol–water partition coefficient (Wildman–Crippen LogP) is 5.64. The third-order valence-corrected chi connectivity index (χ3v) is 3.60. The van der Waals surface area contributed by atoms with Gasteiger partial charge in [-0.25, -0.2) is 0 Å². The van der Waals surface area contributed by atoms with Crippen molar-refractivity contribution in [2.24, 2.45) is 0 Å². The number of rotatable bonds is 13. The first-order valence-electron chi connectivity index (χ1n) is 8.44. The molecule has 1 unspecified atom stereocenters. The topological polar surface area (TPSA) is 26.3 Å². The molecule has 114 valence electrons. The number of esters is 1. The molecule has 0 aromatic carbocycles. The van der Waals surface area contributed by atoms with E-state index in [9.17, 15) is 4.79 Å². The molecule has 0 aliphatic rings. The molecular formula is C17H34O2. The molecule has 2 nitrogen and oxygen atoms in total. The maximum atomic E-state index is 11.4. The maximum absolute atomic E-state index is 11.4. The van der Waals surface area contributed by atoms with Crippen molar-refractivity contribution >= 4 is 5.97 Å². The minimum absolute atomic E-state index is 0.0379. The van der Waals surface area contributed by atoms with E-state index in [4.69, 9.17) is 4.74 Å². The summed E-state index contributed by atoms with van der Waals surface area (Å²) in [7, 11) is 0. The second-order valence-corrected chi connectivity index (χ2v) is 5.52. The molecule has 0 radical (unpaired) electrons. The van der Waals surface area contributed by atoms with E-state index in [0.717, 1.165) is 19.3 Å². The van der Waals surface area contributed by atoms with Gasteiger partial charge in [0.15, 0.2) is 0 Å². The second kappa shape index (κ2) is 13.9. The van der Waals surface area contributed by atoms with Crippen LogP contribution in [0.5, 0.6) is 0 Å². The van der Waals surface area contributed by atoms with Gasteiger partial charge in [0.25, 0.3) is 0 Å². The van der Waals surface area contributed by atoms with Gasteiger partial charge in [-0.15, -0.1) is 0 Å². The van der Waals surface area contributed by atoms with Gasteiger partial charge in [0.05, 0.1) is 0 Å². The van der Waals surface area contributed by atoms with Crippen molar-refractivity contribution in [3.8, 4) is 0 Å². The van der Waals surface area contributed by atoms with Gasteiger partial charge < -0.3 is 4.74 Å². The van der Waals surface area contributed by atoms with Crippen LogP contribution in [0.15, 0.2) is 0 Å². The summed E-state index contributed by atoms with van der Waals surface area (Å²) >= 11 is 0. The number of hydrogen-bond acceptors (Lipinski definition) is 2. The van der Waals surface area contributed by atoms with E-state index < -0.39 is 0 Å². The summed E-state index contributed by atoms with van der Waals surface area (Å²) in [5, 5.41) is 0. The van der Waals surface area contributed by atoms with Crippen molar-refractivity contribution in [1.29, 1.82) is 0 Å². The summed E-state index contributed by atoms with van der Waals surface area (Å²) in [6.45, 7) is 6.31. The van der Waals surface area contributed by atoms with Gasteiger partial charge in [-0.1, -0.05) is 72.1 Å². The smallest absolute Gasteiger partial charge is 0.305 e. The first-order chi connectivity index (χ1) is 9.24. The van der Waals surface area contributed by atoms with Crippen molar-refractivity contribution < 1.29 is 9.53 Å². The average molecular weight is 270 g/mol. The summed E-state index contributed by atoms with van der Waals surface area (Å²) in [6.07, 6.45) is 14.4. The monoisotopic (exact) mass is 270 g/mol. The molecule has 0 fully saturated rings. The predicted molar refractivity (Wildman–Crippen MR) is 82.3 cm³/mol. The zero-order valence-electron chi connectivity index (χ0n) is 13.4. The highest BCUT2D eigenvalue weighted by molar-refractivity contribution is 5.69. The summed E-state index contributed by atoms with van der Waals surface area (Å²) < 4.78 is 5.51. The maximum Gasteiger partial charge on any atom is 0.305 e. The molecule has 0 N–H and O–H groups in total. The number of carbonyl (C=O) groups is 1. The lowest BCUT2D eigenvalue weighted by Gasteiger charge is -2.17. The normalized spacial score (nSPS) is 12.4. The van der Waals surface area contributed by atoms with E-state index in [1.165, 1.54) is 51.4 Å². The second-order valence-electron chi connectivity index (χ2n) is 5.52. The fourth-order valence-electron chi connectivity index (χ4n) is 2.29.